The summed E-state index contributed by atoms with van der Waals surface area (Å²) in [6.45, 7) is 9.30. The number of benzene rings is 4. The van der Waals surface area contributed by atoms with Crippen LogP contribution in [0.1, 0.15) is 59.3 Å². The maximum Gasteiger partial charge on any atom is 0.335 e. The van der Waals surface area contributed by atoms with Gasteiger partial charge in [0.05, 0.1) is 18.8 Å². The predicted octanol–water partition coefficient (Wildman–Crippen LogP) is 8.29. The van der Waals surface area contributed by atoms with Crippen LogP contribution in [0.4, 0.5) is 0 Å². The largest absolute Gasteiger partial charge is 0.507 e. The van der Waals surface area contributed by atoms with Crippen molar-refractivity contribution < 1.29 is 29.2 Å². The fraction of sp³-hybridized carbons (Fsp3) is 0.229. The molecule has 6 heteroatoms. The standard InChI is InChI=1S/C35H34O6/c1-4-10-27-31(16-14-26-22(3)28-20-25(35(37)38)13-15-32(28)41-34(26)27)39-17-9-18-40-33-21-30(36)29(19-23(33)5-2)24-11-7-6-8-12-24/h6-8,11-16,19-21,36H,3-5,9-10,17-18H2,1-2H3,(H,37,38). The molecular weight excluding hydrogens is 516 g/mol. The number of aryl methyl sites for hydroxylation is 1. The number of phenols is 1. The predicted molar refractivity (Wildman–Crippen MR) is 161 cm³/mol. The van der Waals surface area contributed by atoms with E-state index < -0.39 is 5.97 Å². The highest BCUT2D eigenvalue weighted by molar-refractivity contribution is 5.93. The van der Waals surface area contributed by atoms with Gasteiger partial charge >= 0.3 is 5.97 Å². The van der Waals surface area contributed by atoms with Crippen LogP contribution in [0.2, 0.25) is 0 Å². The number of carboxylic acid groups (broad SMARTS) is 1. The molecular formula is C35H34O6. The van der Waals surface area contributed by atoms with E-state index in [2.05, 4.69) is 20.4 Å². The summed E-state index contributed by atoms with van der Waals surface area (Å²) in [5.74, 6) is 1.94. The van der Waals surface area contributed by atoms with Gasteiger partial charge in [-0.1, -0.05) is 57.2 Å². The van der Waals surface area contributed by atoms with E-state index >= 15 is 0 Å². The first-order valence-corrected chi connectivity index (χ1v) is 14.0. The molecule has 4 aromatic rings. The third-order valence-corrected chi connectivity index (χ3v) is 7.25. The highest BCUT2D eigenvalue weighted by atomic mass is 16.5. The van der Waals surface area contributed by atoms with Crippen LogP contribution < -0.4 is 14.2 Å². The fourth-order valence-corrected chi connectivity index (χ4v) is 5.13. The smallest absolute Gasteiger partial charge is 0.335 e. The molecule has 4 aromatic carbocycles. The van der Waals surface area contributed by atoms with Crippen LogP contribution in [0.25, 0.3) is 16.7 Å². The van der Waals surface area contributed by atoms with Crippen molar-refractivity contribution in [2.45, 2.75) is 39.5 Å². The zero-order chi connectivity index (χ0) is 28.9. The summed E-state index contributed by atoms with van der Waals surface area (Å²) in [5.41, 5.74) is 6.21. The molecule has 1 heterocycles. The van der Waals surface area contributed by atoms with Gasteiger partial charge in [0.1, 0.15) is 28.7 Å². The van der Waals surface area contributed by atoms with Gasteiger partial charge in [-0.05, 0) is 65.9 Å². The lowest BCUT2D eigenvalue weighted by Gasteiger charge is -2.26. The van der Waals surface area contributed by atoms with Gasteiger partial charge in [-0.15, -0.1) is 0 Å². The number of phenolic OH excluding ortho intramolecular Hbond substituents is 1. The number of fused-ring (bicyclic) bond motifs is 2. The van der Waals surface area contributed by atoms with Crippen LogP contribution in [0.5, 0.6) is 28.7 Å². The second-order valence-electron chi connectivity index (χ2n) is 10.0. The van der Waals surface area contributed by atoms with E-state index in [4.69, 9.17) is 14.2 Å². The van der Waals surface area contributed by atoms with Crippen LogP contribution in [0.15, 0.2) is 79.4 Å². The molecule has 1 aliphatic rings. The molecule has 6 nitrogen and oxygen atoms in total. The Morgan fingerprint density at radius 2 is 1.63 bits per heavy atom. The average Bonchev–Trinajstić information content (AvgIpc) is 2.98. The first-order valence-electron chi connectivity index (χ1n) is 14.0. The lowest BCUT2D eigenvalue weighted by molar-refractivity contribution is 0.0697. The first kappa shape index (κ1) is 27.8. The topological polar surface area (TPSA) is 85.2 Å². The maximum atomic E-state index is 11.5. The normalized spacial score (nSPS) is 11.8. The number of rotatable bonds is 11. The Balaban J connectivity index is 1.26. The lowest BCUT2D eigenvalue weighted by Crippen LogP contribution is -2.10. The van der Waals surface area contributed by atoms with Crippen LogP contribution >= 0.6 is 0 Å². The van der Waals surface area contributed by atoms with Crippen molar-refractivity contribution in [1.29, 1.82) is 0 Å². The maximum absolute atomic E-state index is 11.5. The molecule has 2 N–H and O–H groups in total. The van der Waals surface area contributed by atoms with E-state index in [1.165, 1.54) is 6.07 Å². The molecule has 0 unspecified atom stereocenters. The third kappa shape index (κ3) is 5.78. The molecule has 0 spiro atoms. The van der Waals surface area contributed by atoms with Crippen LogP contribution in [-0.2, 0) is 12.8 Å². The quantitative estimate of drug-likeness (QED) is 0.161. The van der Waals surface area contributed by atoms with Crippen LogP contribution in [0.3, 0.4) is 0 Å². The molecule has 0 radical (unpaired) electrons. The number of aromatic carboxylic acids is 1. The highest BCUT2D eigenvalue weighted by Crippen LogP contribution is 2.47. The van der Waals surface area contributed by atoms with Crippen molar-refractivity contribution in [3.63, 3.8) is 0 Å². The number of hydrogen-bond acceptors (Lipinski definition) is 5. The highest BCUT2D eigenvalue weighted by Gasteiger charge is 2.26. The van der Waals surface area contributed by atoms with Gasteiger partial charge < -0.3 is 24.4 Å². The number of ether oxygens (including phenoxy) is 3. The van der Waals surface area contributed by atoms with Crippen molar-refractivity contribution in [3.8, 4) is 39.9 Å². The summed E-state index contributed by atoms with van der Waals surface area (Å²) >= 11 is 0. The molecule has 0 aromatic heterocycles. The van der Waals surface area contributed by atoms with Gasteiger partial charge in [-0.2, -0.15) is 0 Å². The van der Waals surface area contributed by atoms with Crippen molar-refractivity contribution in [3.05, 3.63) is 107 Å². The third-order valence-electron chi connectivity index (χ3n) is 7.25. The Kier molecular flexibility index (Phi) is 8.29. The summed E-state index contributed by atoms with van der Waals surface area (Å²) in [7, 11) is 0. The number of hydrogen-bond donors (Lipinski definition) is 2. The molecule has 0 fully saturated rings. The molecule has 41 heavy (non-hydrogen) atoms. The Morgan fingerprint density at radius 3 is 2.34 bits per heavy atom. The van der Waals surface area contributed by atoms with Gasteiger partial charge in [0, 0.05) is 34.7 Å². The minimum absolute atomic E-state index is 0.195. The summed E-state index contributed by atoms with van der Waals surface area (Å²) in [5, 5.41) is 20.1. The Hall–Kier alpha value is -4.71. The number of carbonyl (C=O) groups is 1. The second kappa shape index (κ2) is 12.2. The van der Waals surface area contributed by atoms with Crippen molar-refractivity contribution in [2.24, 2.45) is 0 Å². The summed E-state index contributed by atoms with van der Waals surface area (Å²) in [4.78, 5) is 11.5. The molecule has 1 aliphatic heterocycles. The minimum atomic E-state index is -0.988. The number of aromatic hydroxyl groups is 1. The summed E-state index contributed by atoms with van der Waals surface area (Å²) in [6, 6.07) is 22.2. The zero-order valence-electron chi connectivity index (χ0n) is 23.4. The Labute approximate surface area is 240 Å². The summed E-state index contributed by atoms with van der Waals surface area (Å²) < 4.78 is 18.6. The molecule has 0 atom stereocenters. The van der Waals surface area contributed by atoms with Gasteiger partial charge in [0.15, 0.2) is 0 Å². The molecule has 0 aliphatic carbocycles. The van der Waals surface area contributed by atoms with Crippen LogP contribution in [0, 0.1) is 0 Å². The monoisotopic (exact) mass is 550 g/mol. The van der Waals surface area contributed by atoms with Gasteiger partial charge in [-0.25, -0.2) is 4.79 Å². The van der Waals surface area contributed by atoms with Crippen LogP contribution in [-0.4, -0.2) is 29.4 Å². The number of carboxylic acids is 1. The van der Waals surface area contributed by atoms with E-state index in [0.29, 0.717) is 42.4 Å². The Bertz CT molecular complexity index is 1590. The first-order chi connectivity index (χ1) is 19.9. The van der Waals surface area contributed by atoms with Gasteiger partial charge in [-0.3, -0.25) is 0 Å². The zero-order valence-corrected chi connectivity index (χ0v) is 23.4. The minimum Gasteiger partial charge on any atom is -0.507 e. The van der Waals surface area contributed by atoms with Crippen molar-refractivity contribution in [1.82, 2.24) is 0 Å². The molecule has 0 amide bonds. The molecule has 0 saturated carbocycles. The van der Waals surface area contributed by atoms with E-state index in [9.17, 15) is 15.0 Å². The van der Waals surface area contributed by atoms with E-state index in [1.54, 1.807) is 18.2 Å². The second-order valence-corrected chi connectivity index (χ2v) is 10.0. The van der Waals surface area contributed by atoms with Gasteiger partial charge in [0.25, 0.3) is 0 Å². The molecule has 5 rings (SSSR count). The van der Waals surface area contributed by atoms with E-state index in [1.807, 2.05) is 48.5 Å². The average molecular weight is 551 g/mol. The fourth-order valence-electron chi connectivity index (χ4n) is 5.13. The van der Waals surface area contributed by atoms with Crippen molar-refractivity contribution >= 4 is 11.5 Å². The van der Waals surface area contributed by atoms with E-state index in [-0.39, 0.29) is 11.3 Å². The van der Waals surface area contributed by atoms with Crippen molar-refractivity contribution in [2.75, 3.05) is 13.2 Å². The van der Waals surface area contributed by atoms with E-state index in [0.717, 1.165) is 58.4 Å². The molecule has 210 valence electrons. The lowest BCUT2D eigenvalue weighted by atomic mass is 9.91. The molecule has 0 saturated heterocycles. The van der Waals surface area contributed by atoms with Gasteiger partial charge in [0.2, 0.25) is 0 Å². The molecule has 0 bridgehead atoms. The SMILES string of the molecule is C=C1c2cc(C(=O)O)ccc2Oc2c1ccc(OCCCOc1cc(O)c(-c3ccccc3)cc1CC)c2CCC. The Morgan fingerprint density at radius 1 is 0.878 bits per heavy atom. The summed E-state index contributed by atoms with van der Waals surface area (Å²) in [6.07, 6.45) is 3.10.